The van der Waals surface area contributed by atoms with E-state index in [1.165, 1.54) is 28.8 Å². The van der Waals surface area contributed by atoms with Gasteiger partial charge in [0.2, 0.25) is 0 Å². The summed E-state index contributed by atoms with van der Waals surface area (Å²) in [4.78, 5) is 0. The van der Waals surface area contributed by atoms with Gasteiger partial charge in [0, 0.05) is 24.1 Å². The quantitative estimate of drug-likeness (QED) is 0.424. The lowest BCUT2D eigenvalue weighted by molar-refractivity contribution is -0.250. The summed E-state index contributed by atoms with van der Waals surface area (Å²) in [5.74, 6) is -1.34. The fourth-order valence-corrected chi connectivity index (χ4v) is 4.16. The summed E-state index contributed by atoms with van der Waals surface area (Å²) in [6.07, 6.45) is -5.28. The first-order valence-electron chi connectivity index (χ1n) is 9.78. The highest BCUT2D eigenvalue weighted by Gasteiger charge is 2.44. The third-order valence-corrected chi connectivity index (χ3v) is 5.72. The molecular formula is C22H23F2NO6. The van der Waals surface area contributed by atoms with E-state index in [2.05, 4.69) is 0 Å². The zero-order valence-electron chi connectivity index (χ0n) is 16.6. The van der Waals surface area contributed by atoms with Gasteiger partial charge in [0.25, 0.3) is 0 Å². The number of phenols is 1. The lowest BCUT2D eigenvalue weighted by Crippen LogP contribution is -2.56. The first kappa shape index (κ1) is 21.7. The molecule has 5 N–H and O–H groups in total. The van der Waals surface area contributed by atoms with Crippen molar-refractivity contribution in [2.75, 3.05) is 6.61 Å². The second-order valence-corrected chi connectivity index (χ2v) is 7.85. The summed E-state index contributed by atoms with van der Waals surface area (Å²) < 4.78 is 35.7. The van der Waals surface area contributed by atoms with Gasteiger partial charge in [-0.05, 0) is 41.8 Å². The number of nitrogens with zero attached hydrogens (tertiary/aromatic N) is 1. The Morgan fingerprint density at radius 1 is 1.00 bits per heavy atom. The van der Waals surface area contributed by atoms with E-state index in [0.717, 1.165) is 6.07 Å². The molecule has 0 bridgehead atoms. The van der Waals surface area contributed by atoms with E-state index in [0.29, 0.717) is 22.0 Å². The second-order valence-electron chi connectivity index (χ2n) is 7.85. The van der Waals surface area contributed by atoms with E-state index in [1.54, 1.807) is 13.1 Å². The van der Waals surface area contributed by atoms with Crippen LogP contribution in [0.1, 0.15) is 22.9 Å². The molecule has 1 aliphatic heterocycles. The normalized spacial score (nSPS) is 26.5. The Balaban J connectivity index is 1.84. The van der Waals surface area contributed by atoms with E-state index in [4.69, 9.17) is 4.74 Å². The molecule has 9 heteroatoms. The third-order valence-electron chi connectivity index (χ3n) is 5.72. The number of aromatic hydroxyl groups is 1. The monoisotopic (exact) mass is 435 g/mol. The van der Waals surface area contributed by atoms with Gasteiger partial charge in [0.1, 0.15) is 41.8 Å². The number of benzene rings is 2. The van der Waals surface area contributed by atoms with Gasteiger partial charge in [-0.15, -0.1) is 0 Å². The van der Waals surface area contributed by atoms with Gasteiger partial charge < -0.3 is 34.8 Å². The molecule has 1 saturated heterocycles. The summed E-state index contributed by atoms with van der Waals surface area (Å²) in [5, 5.41) is 50.2. The molecule has 1 fully saturated rings. The number of phenolic OH excluding ortho intramolecular Hbond substituents is 1. The molecule has 31 heavy (non-hydrogen) atoms. The van der Waals surface area contributed by atoms with Crippen molar-refractivity contribution >= 4 is 10.9 Å². The maximum absolute atomic E-state index is 14.3. The minimum Gasteiger partial charge on any atom is -0.508 e. The summed E-state index contributed by atoms with van der Waals surface area (Å²) in [6, 6.07) is 6.34. The first-order chi connectivity index (χ1) is 14.7. The fraction of sp³-hybridized carbons (Fsp3) is 0.364. The molecule has 0 spiro atoms. The molecule has 1 aliphatic rings. The number of fused-ring (bicyclic) bond motifs is 1. The van der Waals surface area contributed by atoms with E-state index in [1.807, 2.05) is 0 Å². The minimum atomic E-state index is -1.58. The van der Waals surface area contributed by atoms with Crippen molar-refractivity contribution < 1.29 is 39.1 Å². The Morgan fingerprint density at radius 3 is 2.42 bits per heavy atom. The van der Waals surface area contributed by atoms with Crippen molar-refractivity contribution in [3.8, 4) is 5.75 Å². The Kier molecular flexibility index (Phi) is 5.71. The Bertz CT molecular complexity index is 1120. The highest BCUT2D eigenvalue weighted by Crippen LogP contribution is 2.36. The van der Waals surface area contributed by atoms with E-state index in [-0.39, 0.29) is 17.7 Å². The molecule has 2 aromatic carbocycles. The molecule has 0 saturated carbocycles. The Labute approximate surface area is 176 Å². The van der Waals surface area contributed by atoms with Gasteiger partial charge in [-0.3, -0.25) is 0 Å². The first-order valence-corrected chi connectivity index (χ1v) is 9.78. The second kappa shape index (κ2) is 8.18. The average Bonchev–Trinajstić information content (AvgIpc) is 3.07. The van der Waals surface area contributed by atoms with E-state index < -0.39 is 48.9 Å². The molecule has 5 atom stereocenters. The van der Waals surface area contributed by atoms with E-state index >= 15 is 0 Å². The standard InChI is InChI=1S/C22H23F2NO6/c1-10-4-13(23)6-15-12(5-11-2-3-14(27)7-16(11)24)8-25(18(10)15)22-21(30)20(29)19(28)17(9-26)31-22/h2-4,6-8,17,19-22,26-30H,5,9H2,1H3/t17-,19-,20+,21-,22-/m1/s1. The fourth-order valence-electron chi connectivity index (χ4n) is 4.16. The summed E-state index contributed by atoms with van der Waals surface area (Å²) >= 11 is 0. The van der Waals surface area contributed by atoms with Crippen LogP contribution in [0.3, 0.4) is 0 Å². The molecule has 0 unspecified atom stereocenters. The molecule has 4 rings (SSSR count). The van der Waals surface area contributed by atoms with Crippen molar-refractivity contribution in [1.82, 2.24) is 4.57 Å². The lowest BCUT2D eigenvalue weighted by atomic mass is 9.98. The zero-order chi connectivity index (χ0) is 22.4. The van der Waals surface area contributed by atoms with Gasteiger partial charge in [0.05, 0.1) is 12.1 Å². The summed E-state index contributed by atoms with van der Waals surface area (Å²) in [7, 11) is 0. The van der Waals surface area contributed by atoms with Gasteiger partial charge in [-0.25, -0.2) is 8.78 Å². The minimum absolute atomic E-state index is 0.0654. The predicted molar refractivity (Wildman–Crippen MR) is 107 cm³/mol. The molecule has 1 aromatic heterocycles. The Hall–Kier alpha value is -2.56. The maximum Gasteiger partial charge on any atom is 0.163 e. The van der Waals surface area contributed by atoms with Crippen LogP contribution in [0.2, 0.25) is 0 Å². The van der Waals surface area contributed by atoms with Crippen LogP contribution in [0, 0.1) is 18.6 Å². The van der Waals surface area contributed by atoms with Crippen LogP contribution >= 0.6 is 0 Å². The number of aliphatic hydroxyl groups excluding tert-OH is 4. The third kappa shape index (κ3) is 3.79. The highest BCUT2D eigenvalue weighted by atomic mass is 19.1. The van der Waals surface area contributed by atoms with Crippen molar-refractivity contribution in [1.29, 1.82) is 0 Å². The molecule has 0 aliphatic carbocycles. The van der Waals surface area contributed by atoms with Crippen molar-refractivity contribution in [2.24, 2.45) is 0 Å². The number of ether oxygens (including phenoxy) is 1. The van der Waals surface area contributed by atoms with Gasteiger partial charge in [0.15, 0.2) is 6.23 Å². The van der Waals surface area contributed by atoms with E-state index in [9.17, 15) is 34.3 Å². The summed E-state index contributed by atoms with van der Waals surface area (Å²) in [6.45, 7) is 1.08. The van der Waals surface area contributed by atoms with Crippen LogP contribution in [0.25, 0.3) is 10.9 Å². The number of hydrogen-bond acceptors (Lipinski definition) is 6. The Morgan fingerprint density at radius 2 is 1.74 bits per heavy atom. The highest BCUT2D eigenvalue weighted by molar-refractivity contribution is 5.87. The van der Waals surface area contributed by atoms with Crippen LogP contribution < -0.4 is 0 Å². The van der Waals surface area contributed by atoms with Crippen molar-refractivity contribution in [3.05, 3.63) is 64.9 Å². The number of aryl methyl sites for hydroxylation is 1. The number of aromatic nitrogens is 1. The molecular weight excluding hydrogens is 412 g/mol. The van der Waals surface area contributed by atoms with Crippen LogP contribution in [0.15, 0.2) is 36.5 Å². The van der Waals surface area contributed by atoms with Crippen molar-refractivity contribution in [3.63, 3.8) is 0 Å². The van der Waals surface area contributed by atoms with Crippen molar-refractivity contribution in [2.45, 2.75) is 44.0 Å². The molecule has 166 valence electrons. The predicted octanol–water partition coefficient (Wildman–Crippen LogP) is 1.50. The maximum atomic E-state index is 14.3. The number of hydrogen-bond donors (Lipinski definition) is 5. The number of rotatable bonds is 4. The lowest BCUT2D eigenvalue weighted by Gasteiger charge is -2.40. The van der Waals surface area contributed by atoms with Crippen LogP contribution in [-0.4, -0.2) is 61.1 Å². The zero-order valence-corrected chi connectivity index (χ0v) is 16.6. The molecule has 0 amide bonds. The van der Waals surface area contributed by atoms with Crippen LogP contribution in [-0.2, 0) is 11.2 Å². The largest absolute Gasteiger partial charge is 0.508 e. The smallest absolute Gasteiger partial charge is 0.163 e. The molecule has 3 aromatic rings. The van der Waals surface area contributed by atoms with Crippen LogP contribution in [0.5, 0.6) is 5.75 Å². The SMILES string of the molecule is Cc1cc(F)cc2c(Cc3ccc(O)cc3F)cn([C@@H]3O[C@H](CO)[C@@H](O)[C@H](O)[C@H]3O)c12. The van der Waals surface area contributed by atoms with Gasteiger partial charge in [-0.2, -0.15) is 0 Å². The van der Waals surface area contributed by atoms with Crippen LogP contribution in [0.4, 0.5) is 8.78 Å². The topological polar surface area (TPSA) is 115 Å². The molecule has 7 nitrogen and oxygen atoms in total. The number of halogens is 2. The average molecular weight is 435 g/mol. The molecule has 2 heterocycles. The summed E-state index contributed by atoms with van der Waals surface area (Å²) in [5.41, 5.74) is 1.82. The van der Waals surface area contributed by atoms with Gasteiger partial charge >= 0.3 is 0 Å². The molecule has 0 radical (unpaired) electrons. The van der Waals surface area contributed by atoms with Gasteiger partial charge in [-0.1, -0.05) is 6.07 Å². The number of aliphatic hydroxyl groups is 4.